The van der Waals surface area contributed by atoms with Crippen LogP contribution in [0.2, 0.25) is 0 Å². The predicted molar refractivity (Wildman–Crippen MR) is 110 cm³/mol. The molecule has 3 aromatic heterocycles. The van der Waals surface area contributed by atoms with E-state index in [0.717, 1.165) is 30.7 Å². The van der Waals surface area contributed by atoms with Crippen LogP contribution in [0.15, 0.2) is 22.7 Å². The lowest BCUT2D eigenvalue weighted by Crippen LogP contribution is -2.14. The van der Waals surface area contributed by atoms with Crippen molar-refractivity contribution in [2.24, 2.45) is 0 Å². The highest BCUT2D eigenvalue weighted by Crippen LogP contribution is 2.29. The molecule has 0 aliphatic heterocycles. The van der Waals surface area contributed by atoms with Crippen molar-refractivity contribution in [1.82, 2.24) is 9.72 Å². The Bertz CT molecular complexity index is 1050. The number of nitrogens with zero attached hydrogens (tertiary/aromatic N) is 2. The van der Waals surface area contributed by atoms with Gasteiger partial charge in [-0.15, -0.1) is 11.3 Å². The van der Waals surface area contributed by atoms with Crippen molar-refractivity contribution in [1.29, 1.82) is 0 Å². The Labute approximate surface area is 173 Å². The van der Waals surface area contributed by atoms with Crippen LogP contribution in [0.1, 0.15) is 66.9 Å². The number of aryl methyl sites for hydroxylation is 4. The number of aromatic nitrogens is 2. The van der Waals surface area contributed by atoms with Crippen molar-refractivity contribution in [3.63, 3.8) is 0 Å². The molecule has 0 radical (unpaired) electrons. The third-order valence-electron chi connectivity index (χ3n) is 5.36. The summed E-state index contributed by atoms with van der Waals surface area (Å²) in [5.74, 6) is 0.686. The first-order chi connectivity index (χ1) is 13.9. The van der Waals surface area contributed by atoms with E-state index in [-0.39, 0.29) is 12.4 Å². The van der Waals surface area contributed by atoms with Gasteiger partial charge >= 0.3 is 5.97 Å². The molecule has 7 heteroatoms. The van der Waals surface area contributed by atoms with Crippen LogP contribution in [0.5, 0.6) is 0 Å². The molecule has 0 spiro atoms. The number of carbonyl (C=O) groups is 2. The standard InChI is InChI=1S/C22H24N2O4S/c1-13-9-17(15(3)24(13)21-10-14(2)28-23-21)18(25)12-27-22(26)20-11-16-7-5-4-6-8-19(16)29-20/h9-11H,4-8,12H2,1-3H3. The molecule has 0 N–H and O–H groups in total. The molecule has 0 fully saturated rings. The van der Waals surface area contributed by atoms with E-state index in [9.17, 15) is 9.59 Å². The number of esters is 1. The minimum atomic E-state index is -0.419. The molecule has 6 nitrogen and oxygen atoms in total. The number of ketones is 1. The molecule has 0 unspecified atom stereocenters. The number of carbonyl (C=O) groups excluding carboxylic acids is 2. The fourth-order valence-electron chi connectivity index (χ4n) is 3.90. The van der Waals surface area contributed by atoms with Gasteiger partial charge < -0.3 is 9.26 Å². The van der Waals surface area contributed by atoms with E-state index < -0.39 is 5.97 Å². The lowest BCUT2D eigenvalue weighted by atomic mass is 10.1. The summed E-state index contributed by atoms with van der Waals surface area (Å²) in [6.07, 6.45) is 5.62. The molecular formula is C22H24N2O4S. The normalized spacial score (nSPS) is 13.8. The summed E-state index contributed by atoms with van der Waals surface area (Å²) in [4.78, 5) is 27.1. The highest BCUT2D eigenvalue weighted by atomic mass is 32.1. The first-order valence-corrected chi connectivity index (χ1v) is 10.7. The maximum Gasteiger partial charge on any atom is 0.348 e. The Kier molecular flexibility index (Phi) is 5.41. The van der Waals surface area contributed by atoms with Crippen LogP contribution in [0.4, 0.5) is 0 Å². The van der Waals surface area contributed by atoms with Gasteiger partial charge in [0.1, 0.15) is 10.6 Å². The van der Waals surface area contributed by atoms with E-state index >= 15 is 0 Å². The van der Waals surface area contributed by atoms with Gasteiger partial charge in [-0.2, -0.15) is 0 Å². The van der Waals surface area contributed by atoms with Crippen LogP contribution in [0, 0.1) is 20.8 Å². The van der Waals surface area contributed by atoms with Gasteiger partial charge in [0.05, 0.1) is 0 Å². The van der Waals surface area contributed by atoms with Crippen LogP contribution in [-0.4, -0.2) is 28.1 Å². The largest absolute Gasteiger partial charge is 0.453 e. The van der Waals surface area contributed by atoms with Crippen LogP contribution >= 0.6 is 11.3 Å². The van der Waals surface area contributed by atoms with E-state index in [1.165, 1.54) is 34.6 Å². The molecule has 0 amide bonds. The predicted octanol–water partition coefficient (Wildman–Crippen LogP) is 4.76. The van der Waals surface area contributed by atoms with Gasteiger partial charge in [-0.05, 0) is 64.2 Å². The van der Waals surface area contributed by atoms with Gasteiger partial charge in [0.2, 0.25) is 5.78 Å². The van der Waals surface area contributed by atoms with Crippen LogP contribution in [-0.2, 0) is 17.6 Å². The van der Waals surface area contributed by atoms with E-state index in [2.05, 4.69) is 5.16 Å². The molecule has 152 valence electrons. The van der Waals surface area contributed by atoms with Crippen molar-refractivity contribution in [3.05, 3.63) is 56.2 Å². The Morgan fingerprint density at radius 3 is 2.69 bits per heavy atom. The van der Waals surface area contributed by atoms with Gasteiger partial charge in [0.15, 0.2) is 12.4 Å². The second-order valence-electron chi connectivity index (χ2n) is 7.54. The lowest BCUT2D eigenvalue weighted by Gasteiger charge is -2.05. The first kappa shape index (κ1) is 19.6. The Morgan fingerprint density at radius 1 is 1.14 bits per heavy atom. The zero-order valence-corrected chi connectivity index (χ0v) is 17.7. The SMILES string of the molecule is Cc1cc(-n2c(C)cc(C(=O)COC(=O)c3cc4c(s3)CCCCC4)c2C)no1. The summed E-state index contributed by atoms with van der Waals surface area (Å²) in [7, 11) is 0. The highest BCUT2D eigenvalue weighted by Gasteiger charge is 2.21. The monoisotopic (exact) mass is 412 g/mol. The minimum absolute atomic E-state index is 0.226. The smallest absolute Gasteiger partial charge is 0.348 e. The summed E-state index contributed by atoms with van der Waals surface area (Å²) in [5, 5.41) is 4.03. The van der Waals surface area contributed by atoms with E-state index in [0.29, 0.717) is 22.0 Å². The number of hydrogen-bond acceptors (Lipinski definition) is 6. The number of fused-ring (bicyclic) bond motifs is 1. The first-order valence-electron chi connectivity index (χ1n) is 9.88. The molecule has 0 saturated heterocycles. The van der Waals surface area contributed by atoms with Crippen molar-refractivity contribution in [2.45, 2.75) is 52.9 Å². The average molecular weight is 413 g/mol. The molecule has 0 atom stereocenters. The van der Waals surface area contributed by atoms with Gasteiger partial charge in [0, 0.05) is 27.9 Å². The topological polar surface area (TPSA) is 74.3 Å². The number of Topliss-reactive ketones (excluding diaryl/α,β-unsaturated/α-hetero) is 1. The van der Waals surface area contributed by atoms with Crippen molar-refractivity contribution in [3.8, 4) is 5.82 Å². The zero-order valence-electron chi connectivity index (χ0n) is 16.9. The zero-order chi connectivity index (χ0) is 20.5. The van der Waals surface area contributed by atoms with E-state index in [1.54, 1.807) is 6.07 Å². The third kappa shape index (κ3) is 3.92. The highest BCUT2D eigenvalue weighted by molar-refractivity contribution is 7.14. The average Bonchev–Trinajstić information content (AvgIpc) is 3.33. The van der Waals surface area contributed by atoms with Gasteiger partial charge in [-0.25, -0.2) is 4.79 Å². The van der Waals surface area contributed by atoms with Crippen LogP contribution in [0.25, 0.3) is 5.82 Å². The molecule has 1 aliphatic rings. The summed E-state index contributed by atoms with van der Waals surface area (Å²) in [6, 6.07) is 5.55. The quantitative estimate of drug-likeness (QED) is 0.343. The fourth-order valence-corrected chi connectivity index (χ4v) is 5.05. The maximum absolute atomic E-state index is 12.7. The number of thiophene rings is 1. The Hall–Kier alpha value is -2.67. The van der Waals surface area contributed by atoms with E-state index in [1.807, 2.05) is 37.5 Å². The van der Waals surface area contributed by atoms with Gasteiger partial charge in [-0.3, -0.25) is 9.36 Å². The van der Waals surface area contributed by atoms with Crippen molar-refractivity contribution >= 4 is 23.1 Å². The van der Waals surface area contributed by atoms with E-state index in [4.69, 9.17) is 9.26 Å². The van der Waals surface area contributed by atoms with Crippen molar-refractivity contribution in [2.75, 3.05) is 6.61 Å². The molecule has 29 heavy (non-hydrogen) atoms. The number of hydrogen-bond donors (Lipinski definition) is 0. The summed E-state index contributed by atoms with van der Waals surface area (Å²) in [5.41, 5.74) is 3.40. The fraction of sp³-hybridized carbons (Fsp3) is 0.409. The number of rotatable bonds is 5. The lowest BCUT2D eigenvalue weighted by molar-refractivity contribution is 0.0479. The number of ether oxygens (including phenoxy) is 1. The summed E-state index contributed by atoms with van der Waals surface area (Å²) in [6.45, 7) is 5.30. The maximum atomic E-state index is 12.7. The second-order valence-corrected chi connectivity index (χ2v) is 8.67. The molecule has 0 saturated carbocycles. The molecular weight excluding hydrogens is 388 g/mol. The second kappa shape index (κ2) is 7.99. The minimum Gasteiger partial charge on any atom is -0.453 e. The van der Waals surface area contributed by atoms with Crippen LogP contribution < -0.4 is 0 Å². The molecule has 3 aromatic rings. The Morgan fingerprint density at radius 2 is 1.93 bits per heavy atom. The molecule has 3 heterocycles. The van der Waals surface area contributed by atoms with Crippen molar-refractivity contribution < 1.29 is 18.8 Å². The van der Waals surface area contributed by atoms with Crippen LogP contribution in [0.3, 0.4) is 0 Å². The Balaban J connectivity index is 1.46. The van der Waals surface area contributed by atoms with Gasteiger partial charge in [0.25, 0.3) is 0 Å². The molecule has 0 aromatic carbocycles. The molecule has 4 rings (SSSR count). The third-order valence-corrected chi connectivity index (χ3v) is 6.58. The molecule has 1 aliphatic carbocycles. The summed E-state index contributed by atoms with van der Waals surface area (Å²) < 4.78 is 12.4. The summed E-state index contributed by atoms with van der Waals surface area (Å²) >= 11 is 1.50. The molecule has 0 bridgehead atoms. The van der Waals surface area contributed by atoms with Gasteiger partial charge in [-0.1, -0.05) is 11.6 Å².